The second-order valence-corrected chi connectivity index (χ2v) is 7.28. The van der Waals surface area contributed by atoms with Gasteiger partial charge in [0.05, 0.1) is 7.11 Å². The molecule has 0 bridgehead atoms. The van der Waals surface area contributed by atoms with Gasteiger partial charge in [-0.25, -0.2) is 0 Å². The van der Waals surface area contributed by atoms with Crippen LogP contribution in [0.4, 0.5) is 0 Å². The minimum absolute atomic E-state index is 0.334. The smallest absolute Gasteiger partial charge is 0.122 e. The van der Waals surface area contributed by atoms with Crippen LogP contribution in [-0.2, 0) is 12.8 Å². The van der Waals surface area contributed by atoms with E-state index in [2.05, 4.69) is 44.3 Å². The van der Waals surface area contributed by atoms with Crippen molar-refractivity contribution in [1.29, 1.82) is 0 Å². The molecule has 0 spiro atoms. The molecule has 112 valence electrons. The van der Waals surface area contributed by atoms with Gasteiger partial charge in [0, 0.05) is 0 Å². The number of nitrogens with one attached hydrogen (secondary N) is 1. The third-order valence-corrected chi connectivity index (χ3v) is 4.05. The van der Waals surface area contributed by atoms with Crippen LogP contribution in [0.25, 0.3) is 0 Å². The lowest BCUT2D eigenvalue weighted by atomic mass is 9.85. The molecule has 2 nitrogen and oxygen atoms in total. The summed E-state index contributed by atoms with van der Waals surface area (Å²) in [6.07, 6.45) is 4.85. The zero-order valence-corrected chi connectivity index (χ0v) is 13.5. The van der Waals surface area contributed by atoms with E-state index in [4.69, 9.17) is 4.74 Å². The Morgan fingerprint density at radius 1 is 1.20 bits per heavy atom. The van der Waals surface area contributed by atoms with Gasteiger partial charge in [0.15, 0.2) is 0 Å². The average Bonchev–Trinajstić information content (AvgIpc) is 2.38. The normalized spacial score (nSPS) is 17.2. The van der Waals surface area contributed by atoms with Gasteiger partial charge in [-0.05, 0) is 67.3 Å². The van der Waals surface area contributed by atoms with Crippen molar-refractivity contribution in [2.45, 2.75) is 46.5 Å². The van der Waals surface area contributed by atoms with Crippen LogP contribution in [0.3, 0.4) is 0 Å². The standard InChI is InChI=1S/C18H29NO/c1-18(2,3)13-15-5-6-17(20-4)16(12-15)11-14-7-9-19-10-8-14/h5-6,12,14,19H,7-11,13H2,1-4H3. The van der Waals surface area contributed by atoms with Crippen molar-refractivity contribution in [2.75, 3.05) is 20.2 Å². The number of hydrogen-bond acceptors (Lipinski definition) is 2. The van der Waals surface area contributed by atoms with Crippen molar-refractivity contribution in [3.8, 4) is 5.75 Å². The number of methoxy groups -OCH3 is 1. The number of rotatable bonds is 4. The molecule has 1 saturated heterocycles. The Morgan fingerprint density at radius 3 is 2.50 bits per heavy atom. The fourth-order valence-corrected chi connectivity index (χ4v) is 3.11. The molecular formula is C18H29NO. The zero-order chi connectivity index (χ0) is 14.6. The minimum Gasteiger partial charge on any atom is -0.496 e. The van der Waals surface area contributed by atoms with E-state index in [0.29, 0.717) is 5.41 Å². The molecule has 2 rings (SSSR count). The lowest BCUT2D eigenvalue weighted by Gasteiger charge is -2.24. The first kappa shape index (κ1) is 15.4. The molecule has 1 fully saturated rings. The minimum atomic E-state index is 0.334. The third kappa shape index (κ3) is 4.52. The number of benzene rings is 1. The van der Waals surface area contributed by atoms with E-state index in [9.17, 15) is 0 Å². The van der Waals surface area contributed by atoms with Crippen LogP contribution in [0.2, 0.25) is 0 Å². The van der Waals surface area contributed by atoms with Crippen molar-refractivity contribution in [2.24, 2.45) is 11.3 Å². The van der Waals surface area contributed by atoms with E-state index in [1.54, 1.807) is 7.11 Å². The van der Waals surface area contributed by atoms with Crippen LogP contribution < -0.4 is 10.1 Å². The molecule has 0 aromatic heterocycles. The molecule has 0 radical (unpaired) electrons. The number of ether oxygens (including phenoxy) is 1. The van der Waals surface area contributed by atoms with E-state index < -0.39 is 0 Å². The highest BCUT2D eigenvalue weighted by Crippen LogP contribution is 2.29. The summed E-state index contributed by atoms with van der Waals surface area (Å²) < 4.78 is 5.56. The first-order valence-corrected chi connectivity index (χ1v) is 7.84. The highest BCUT2D eigenvalue weighted by molar-refractivity contribution is 5.38. The van der Waals surface area contributed by atoms with Crippen LogP contribution in [0, 0.1) is 11.3 Å². The third-order valence-electron chi connectivity index (χ3n) is 4.05. The molecule has 1 N–H and O–H groups in total. The molecule has 2 heteroatoms. The van der Waals surface area contributed by atoms with Crippen molar-refractivity contribution in [1.82, 2.24) is 5.32 Å². The van der Waals surface area contributed by atoms with Crippen molar-refractivity contribution in [3.05, 3.63) is 29.3 Å². The molecule has 0 atom stereocenters. The van der Waals surface area contributed by atoms with Gasteiger partial charge in [0.2, 0.25) is 0 Å². The Labute approximate surface area is 123 Å². The largest absolute Gasteiger partial charge is 0.496 e. The van der Waals surface area contributed by atoms with Crippen molar-refractivity contribution >= 4 is 0 Å². The van der Waals surface area contributed by atoms with Crippen LogP contribution in [-0.4, -0.2) is 20.2 Å². The topological polar surface area (TPSA) is 21.3 Å². The predicted octanol–water partition coefficient (Wildman–Crippen LogP) is 3.83. The monoisotopic (exact) mass is 275 g/mol. The fourth-order valence-electron chi connectivity index (χ4n) is 3.11. The maximum absolute atomic E-state index is 5.56. The lowest BCUT2D eigenvalue weighted by Crippen LogP contribution is -2.28. The Morgan fingerprint density at radius 2 is 1.90 bits per heavy atom. The second-order valence-electron chi connectivity index (χ2n) is 7.28. The first-order chi connectivity index (χ1) is 9.48. The van der Waals surface area contributed by atoms with Crippen LogP contribution in [0.1, 0.15) is 44.7 Å². The zero-order valence-electron chi connectivity index (χ0n) is 13.5. The molecule has 0 unspecified atom stereocenters. The quantitative estimate of drug-likeness (QED) is 0.902. The van der Waals surface area contributed by atoms with E-state index in [1.165, 1.54) is 24.0 Å². The first-order valence-electron chi connectivity index (χ1n) is 7.84. The van der Waals surface area contributed by atoms with Gasteiger partial charge in [0.25, 0.3) is 0 Å². The van der Waals surface area contributed by atoms with Gasteiger partial charge in [-0.2, -0.15) is 0 Å². The highest BCUT2D eigenvalue weighted by atomic mass is 16.5. The summed E-state index contributed by atoms with van der Waals surface area (Å²) in [6, 6.07) is 6.74. The summed E-state index contributed by atoms with van der Waals surface area (Å²) >= 11 is 0. The molecule has 1 aromatic rings. The van der Waals surface area contributed by atoms with Gasteiger partial charge in [0.1, 0.15) is 5.75 Å². The number of hydrogen-bond donors (Lipinski definition) is 1. The molecule has 0 saturated carbocycles. The van der Waals surface area contributed by atoms with E-state index in [1.807, 2.05) is 0 Å². The summed E-state index contributed by atoms with van der Waals surface area (Å²) in [5.41, 5.74) is 3.16. The van der Waals surface area contributed by atoms with Gasteiger partial charge >= 0.3 is 0 Å². The SMILES string of the molecule is COc1ccc(CC(C)(C)C)cc1CC1CCNCC1. The van der Waals surface area contributed by atoms with Crippen LogP contribution in [0.5, 0.6) is 5.75 Å². The van der Waals surface area contributed by atoms with Crippen molar-refractivity contribution < 1.29 is 4.74 Å². The van der Waals surface area contributed by atoms with E-state index in [0.717, 1.165) is 37.6 Å². The Kier molecular flexibility index (Phi) is 5.09. The molecule has 0 aliphatic carbocycles. The fraction of sp³-hybridized carbons (Fsp3) is 0.667. The summed E-state index contributed by atoms with van der Waals surface area (Å²) in [7, 11) is 1.78. The van der Waals surface area contributed by atoms with Gasteiger partial charge in [-0.1, -0.05) is 32.9 Å². The lowest BCUT2D eigenvalue weighted by molar-refractivity contribution is 0.360. The highest BCUT2D eigenvalue weighted by Gasteiger charge is 2.17. The van der Waals surface area contributed by atoms with E-state index in [-0.39, 0.29) is 0 Å². The second kappa shape index (κ2) is 6.62. The molecule has 1 aliphatic rings. The Hall–Kier alpha value is -1.02. The van der Waals surface area contributed by atoms with Gasteiger partial charge < -0.3 is 10.1 Å². The maximum Gasteiger partial charge on any atom is 0.122 e. The van der Waals surface area contributed by atoms with Crippen LogP contribution >= 0.6 is 0 Å². The van der Waals surface area contributed by atoms with Gasteiger partial charge in [-0.3, -0.25) is 0 Å². The maximum atomic E-state index is 5.56. The van der Waals surface area contributed by atoms with Crippen molar-refractivity contribution in [3.63, 3.8) is 0 Å². The molecule has 20 heavy (non-hydrogen) atoms. The predicted molar refractivity (Wildman–Crippen MR) is 85.5 cm³/mol. The summed E-state index contributed by atoms with van der Waals surface area (Å²) in [5.74, 6) is 1.86. The summed E-state index contributed by atoms with van der Waals surface area (Å²) in [6.45, 7) is 9.21. The molecular weight excluding hydrogens is 246 g/mol. The number of piperidine rings is 1. The van der Waals surface area contributed by atoms with E-state index >= 15 is 0 Å². The van der Waals surface area contributed by atoms with Crippen LogP contribution in [0.15, 0.2) is 18.2 Å². The molecule has 1 aliphatic heterocycles. The molecule has 0 amide bonds. The van der Waals surface area contributed by atoms with Gasteiger partial charge in [-0.15, -0.1) is 0 Å². The summed E-state index contributed by atoms with van der Waals surface area (Å²) in [5, 5.41) is 3.44. The molecule has 1 aromatic carbocycles. The Bertz CT molecular complexity index is 428. The Balaban J connectivity index is 2.13. The summed E-state index contributed by atoms with van der Waals surface area (Å²) in [4.78, 5) is 0. The molecule has 1 heterocycles. The average molecular weight is 275 g/mol.